The van der Waals surface area contributed by atoms with Crippen molar-refractivity contribution in [1.29, 1.82) is 0 Å². The van der Waals surface area contributed by atoms with Crippen LogP contribution in [0, 0.1) is 23.7 Å². The van der Waals surface area contributed by atoms with Gasteiger partial charge in [0.1, 0.15) is 5.60 Å². The number of methoxy groups -OCH3 is 1. The van der Waals surface area contributed by atoms with Crippen LogP contribution >= 0.6 is 0 Å². The monoisotopic (exact) mass is 533 g/mol. The average molecular weight is 534 g/mol. The third kappa shape index (κ3) is 10.2. The standard InChI is InChI=1S/C30H51N3O5/c1-20(2)24(14-22-10-11-23-18-31-33(27(23)15-22)12-9-13-37-8)16-26(32-29(36)38-30(5,6)7)28(35)17-25(19-34)21(3)4/h10-11,15,18,20-21,24-26,28,34-35H,9,12-14,16-17,19H2,1-8H3,(H,32,36)/t24-,25+,26-,28-/m0/s1. The molecular weight excluding hydrogens is 482 g/mol. The van der Waals surface area contributed by atoms with Crippen LogP contribution in [0.15, 0.2) is 24.4 Å². The summed E-state index contributed by atoms with van der Waals surface area (Å²) in [5, 5.41) is 29.7. The smallest absolute Gasteiger partial charge is 0.407 e. The van der Waals surface area contributed by atoms with Crippen LogP contribution in [0.4, 0.5) is 4.79 Å². The second-order valence-corrected chi connectivity index (χ2v) is 12.3. The molecule has 216 valence electrons. The van der Waals surface area contributed by atoms with Crippen LogP contribution in [-0.2, 0) is 22.4 Å². The molecule has 1 amide bonds. The molecule has 0 spiro atoms. The van der Waals surface area contributed by atoms with Crippen molar-refractivity contribution in [3.63, 3.8) is 0 Å². The van der Waals surface area contributed by atoms with Crippen LogP contribution < -0.4 is 5.32 Å². The van der Waals surface area contributed by atoms with Gasteiger partial charge < -0.3 is 25.0 Å². The number of alkyl carbamates (subject to hydrolysis) is 1. The summed E-state index contributed by atoms with van der Waals surface area (Å²) >= 11 is 0. The minimum absolute atomic E-state index is 0.000426. The zero-order valence-electron chi connectivity index (χ0n) is 24.7. The maximum Gasteiger partial charge on any atom is 0.407 e. The number of fused-ring (bicyclic) bond motifs is 1. The van der Waals surface area contributed by atoms with Crippen molar-refractivity contribution in [3.05, 3.63) is 30.0 Å². The zero-order chi connectivity index (χ0) is 28.5. The molecule has 38 heavy (non-hydrogen) atoms. The van der Waals surface area contributed by atoms with E-state index in [-0.39, 0.29) is 24.4 Å². The quantitative estimate of drug-likeness (QED) is 0.272. The van der Waals surface area contributed by atoms with E-state index in [1.54, 1.807) is 7.11 Å². The second-order valence-electron chi connectivity index (χ2n) is 12.3. The van der Waals surface area contributed by atoms with E-state index in [1.807, 2.05) is 45.5 Å². The number of carbonyl (C=O) groups is 1. The molecule has 0 saturated carbocycles. The Balaban J connectivity index is 2.25. The molecule has 2 aromatic rings. The van der Waals surface area contributed by atoms with Crippen molar-refractivity contribution in [2.75, 3.05) is 20.3 Å². The van der Waals surface area contributed by atoms with Gasteiger partial charge in [-0.15, -0.1) is 0 Å². The highest BCUT2D eigenvalue weighted by molar-refractivity contribution is 5.79. The predicted octanol–water partition coefficient (Wildman–Crippen LogP) is 5.19. The van der Waals surface area contributed by atoms with Gasteiger partial charge in [0.2, 0.25) is 0 Å². The Morgan fingerprint density at radius 2 is 1.79 bits per heavy atom. The van der Waals surface area contributed by atoms with E-state index >= 15 is 0 Å². The number of carbonyl (C=O) groups excluding carboxylic acids is 1. The lowest BCUT2D eigenvalue weighted by molar-refractivity contribution is 0.0298. The van der Waals surface area contributed by atoms with Crippen molar-refractivity contribution in [2.24, 2.45) is 23.7 Å². The van der Waals surface area contributed by atoms with E-state index < -0.39 is 23.8 Å². The number of hydrogen-bond acceptors (Lipinski definition) is 6. The van der Waals surface area contributed by atoms with Gasteiger partial charge in [-0.2, -0.15) is 5.10 Å². The Labute approximate surface area is 229 Å². The maximum absolute atomic E-state index is 12.7. The number of amides is 1. The molecule has 0 aliphatic rings. The number of ether oxygens (including phenoxy) is 2. The Hall–Kier alpha value is -2.16. The van der Waals surface area contributed by atoms with Gasteiger partial charge in [-0.05, 0) is 81.8 Å². The fourth-order valence-corrected chi connectivity index (χ4v) is 4.80. The van der Waals surface area contributed by atoms with Crippen molar-refractivity contribution >= 4 is 17.0 Å². The molecule has 1 aromatic carbocycles. The van der Waals surface area contributed by atoms with Crippen LogP contribution in [0.3, 0.4) is 0 Å². The number of hydrogen-bond donors (Lipinski definition) is 3. The van der Waals surface area contributed by atoms with Gasteiger partial charge in [-0.1, -0.05) is 39.8 Å². The van der Waals surface area contributed by atoms with Crippen LogP contribution in [0.2, 0.25) is 0 Å². The molecule has 0 bridgehead atoms. The van der Waals surface area contributed by atoms with Gasteiger partial charge in [0.05, 0.1) is 23.9 Å². The Kier molecular flexibility index (Phi) is 12.5. The number of aromatic nitrogens is 2. The summed E-state index contributed by atoms with van der Waals surface area (Å²) in [6.45, 7) is 15.4. The molecule has 1 aromatic heterocycles. The van der Waals surface area contributed by atoms with E-state index in [4.69, 9.17) is 9.47 Å². The number of benzene rings is 1. The third-order valence-electron chi connectivity index (χ3n) is 7.31. The van der Waals surface area contributed by atoms with Gasteiger partial charge in [0.15, 0.2) is 0 Å². The van der Waals surface area contributed by atoms with Crippen LogP contribution in [0.5, 0.6) is 0 Å². The van der Waals surface area contributed by atoms with E-state index in [9.17, 15) is 15.0 Å². The molecule has 3 N–H and O–H groups in total. The molecular formula is C30H51N3O5. The first kappa shape index (κ1) is 32.1. The minimum atomic E-state index is -0.798. The molecule has 0 unspecified atom stereocenters. The fourth-order valence-electron chi connectivity index (χ4n) is 4.80. The molecule has 8 nitrogen and oxygen atoms in total. The van der Waals surface area contributed by atoms with Crippen molar-refractivity contribution in [2.45, 2.75) is 98.4 Å². The number of rotatable bonds is 15. The van der Waals surface area contributed by atoms with Crippen LogP contribution in [0.25, 0.3) is 10.9 Å². The minimum Gasteiger partial charge on any atom is -0.444 e. The summed E-state index contributed by atoms with van der Waals surface area (Å²) in [5.41, 5.74) is 1.67. The normalized spacial score (nSPS) is 15.6. The van der Waals surface area contributed by atoms with E-state index in [0.29, 0.717) is 25.4 Å². The largest absolute Gasteiger partial charge is 0.444 e. The SMILES string of the molecule is COCCCn1ncc2ccc(C[C@@H](C[C@H](NC(=O)OC(C)(C)C)[C@@H](O)C[C@H](CO)C(C)C)C(C)C)cc21. The second kappa shape index (κ2) is 14.8. The Morgan fingerprint density at radius 3 is 2.37 bits per heavy atom. The highest BCUT2D eigenvalue weighted by atomic mass is 16.6. The van der Waals surface area contributed by atoms with Crippen LogP contribution in [-0.4, -0.2) is 64.2 Å². The average Bonchev–Trinajstić information content (AvgIpc) is 3.22. The lowest BCUT2D eigenvalue weighted by Gasteiger charge is -2.33. The molecule has 2 rings (SSSR count). The predicted molar refractivity (Wildman–Crippen MR) is 152 cm³/mol. The number of aliphatic hydroxyl groups excluding tert-OH is 2. The van der Waals surface area contributed by atoms with Gasteiger partial charge in [0.25, 0.3) is 0 Å². The molecule has 8 heteroatoms. The van der Waals surface area contributed by atoms with Gasteiger partial charge in [-0.3, -0.25) is 4.68 Å². The van der Waals surface area contributed by atoms with Gasteiger partial charge in [0, 0.05) is 32.3 Å². The number of nitrogens with zero attached hydrogens (tertiary/aromatic N) is 2. The molecule has 0 aliphatic carbocycles. The molecule has 0 fully saturated rings. The summed E-state index contributed by atoms with van der Waals surface area (Å²) in [6.07, 6.45) is 3.28. The summed E-state index contributed by atoms with van der Waals surface area (Å²) in [6, 6.07) is 5.97. The molecule has 0 aliphatic heterocycles. The van der Waals surface area contributed by atoms with Gasteiger partial charge in [-0.25, -0.2) is 4.79 Å². The Morgan fingerprint density at radius 1 is 1.11 bits per heavy atom. The number of aliphatic hydroxyl groups is 2. The van der Waals surface area contributed by atoms with Crippen molar-refractivity contribution < 1.29 is 24.5 Å². The highest BCUT2D eigenvalue weighted by Gasteiger charge is 2.31. The third-order valence-corrected chi connectivity index (χ3v) is 7.31. The molecule has 0 saturated heterocycles. The first-order chi connectivity index (χ1) is 17.8. The first-order valence-corrected chi connectivity index (χ1v) is 14.1. The zero-order valence-corrected chi connectivity index (χ0v) is 24.7. The van der Waals surface area contributed by atoms with Crippen LogP contribution in [0.1, 0.15) is 73.3 Å². The van der Waals surface area contributed by atoms with E-state index in [2.05, 4.69) is 42.5 Å². The number of nitrogens with one attached hydrogen (secondary N) is 1. The highest BCUT2D eigenvalue weighted by Crippen LogP contribution is 2.28. The van der Waals surface area contributed by atoms with E-state index in [1.165, 1.54) is 5.56 Å². The fraction of sp³-hybridized carbons (Fsp3) is 0.733. The molecule has 4 atom stereocenters. The summed E-state index contributed by atoms with van der Waals surface area (Å²) in [7, 11) is 1.71. The van der Waals surface area contributed by atoms with E-state index in [0.717, 1.165) is 30.3 Å². The first-order valence-electron chi connectivity index (χ1n) is 14.1. The maximum atomic E-state index is 12.7. The summed E-state index contributed by atoms with van der Waals surface area (Å²) in [5.74, 6) is 0.703. The lowest BCUT2D eigenvalue weighted by atomic mass is 9.81. The van der Waals surface area contributed by atoms with Crippen molar-refractivity contribution in [3.8, 4) is 0 Å². The molecule has 0 radical (unpaired) electrons. The van der Waals surface area contributed by atoms with Gasteiger partial charge >= 0.3 is 6.09 Å². The molecule has 1 heterocycles. The van der Waals surface area contributed by atoms with Crippen molar-refractivity contribution in [1.82, 2.24) is 15.1 Å². The number of aryl methyl sites for hydroxylation is 1. The lowest BCUT2D eigenvalue weighted by Crippen LogP contribution is -2.48. The Bertz CT molecular complexity index is 982. The summed E-state index contributed by atoms with van der Waals surface area (Å²) < 4.78 is 12.7. The topological polar surface area (TPSA) is 106 Å². The summed E-state index contributed by atoms with van der Waals surface area (Å²) in [4.78, 5) is 12.7.